The van der Waals surface area contributed by atoms with Crippen LogP contribution in [0.5, 0.6) is 0 Å². The summed E-state index contributed by atoms with van der Waals surface area (Å²) in [6.07, 6.45) is -4.29. The number of Topliss-reactive ketones (excluding diaryl/α,β-unsaturated/α-hetero) is 1. The first-order valence-electron chi connectivity index (χ1n) is 9.73. The van der Waals surface area contributed by atoms with E-state index in [9.17, 15) is 30.0 Å². The number of carbonyl (C=O) groups is 2. The van der Waals surface area contributed by atoms with Crippen molar-refractivity contribution in [3.63, 3.8) is 0 Å². The van der Waals surface area contributed by atoms with Gasteiger partial charge in [-0.2, -0.15) is 0 Å². The number of ketones is 1. The zero-order valence-electron chi connectivity index (χ0n) is 17.4. The van der Waals surface area contributed by atoms with Gasteiger partial charge < -0.3 is 25.2 Å². The second kappa shape index (κ2) is 8.99. The molecule has 4 N–H and O–H groups in total. The monoisotopic (exact) mass is 388 g/mol. The third kappa shape index (κ3) is 5.28. The molecule has 10 atom stereocenters. The molecule has 1 aliphatic rings. The van der Waals surface area contributed by atoms with E-state index in [0.29, 0.717) is 0 Å². The van der Waals surface area contributed by atoms with Crippen molar-refractivity contribution >= 4 is 11.8 Å². The van der Waals surface area contributed by atoms with Gasteiger partial charge in [0.15, 0.2) is 0 Å². The average Bonchev–Trinajstić information content (AvgIpc) is 2.61. The van der Waals surface area contributed by atoms with Crippen LogP contribution in [0.3, 0.4) is 0 Å². The maximum absolute atomic E-state index is 12.7. The van der Waals surface area contributed by atoms with Gasteiger partial charge in [0.2, 0.25) is 0 Å². The van der Waals surface area contributed by atoms with E-state index in [2.05, 4.69) is 0 Å². The standard InChI is InChI=1S/C20H36O7/c1-9-8-20(7,26)18(24)12(4)17(23)13(5)19(25)27-14(6)10(2)16(22)11(3)15(9)21/h9-14,16-18,22-24,26H,8H2,1-7H3. The van der Waals surface area contributed by atoms with Crippen LogP contribution in [0, 0.1) is 29.6 Å². The van der Waals surface area contributed by atoms with E-state index in [1.54, 1.807) is 34.6 Å². The summed E-state index contributed by atoms with van der Waals surface area (Å²) < 4.78 is 5.39. The Kier molecular flexibility index (Phi) is 7.99. The Bertz CT molecular complexity index is 532. The number of cyclic esters (lactones) is 1. The Balaban J connectivity index is 3.27. The predicted molar refractivity (Wildman–Crippen MR) is 99.6 cm³/mol. The van der Waals surface area contributed by atoms with Gasteiger partial charge in [-0.15, -0.1) is 0 Å². The quantitative estimate of drug-likeness (QED) is 0.455. The van der Waals surface area contributed by atoms with Crippen LogP contribution in [0.1, 0.15) is 54.9 Å². The number of aliphatic hydroxyl groups excluding tert-OH is 3. The number of rotatable bonds is 0. The smallest absolute Gasteiger partial charge is 0.311 e. The molecule has 0 radical (unpaired) electrons. The van der Waals surface area contributed by atoms with Crippen LogP contribution >= 0.6 is 0 Å². The van der Waals surface area contributed by atoms with Gasteiger partial charge in [0, 0.05) is 23.7 Å². The summed E-state index contributed by atoms with van der Waals surface area (Å²) in [4.78, 5) is 25.1. The number of hydrogen-bond donors (Lipinski definition) is 4. The topological polar surface area (TPSA) is 124 Å². The Morgan fingerprint density at radius 3 is 1.89 bits per heavy atom. The highest BCUT2D eigenvalue weighted by atomic mass is 16.5. The van der Waals surface area contributed by atoms with Crippen molar-refractivity contribution in [1.29, 1.82) is 0 Å². The third-order valence-corrected chi connectivity index (χ3v) is 6.31. The summed E-state index contributed by atoms with van der Waals surface area (Å²) in [5.41, 5.74) is -1.65. The SMILES string of the molecule is CC1CC(C)(O)C(O)C(C)C(O)C(C)C(=O)OC(C)C(C)C(O)C(C)C1=O. The van der Waals surface area contributed by atoms with Gasteiger partial charge in [-0.3, -0.25) is 9.59 Å². The Labute approximate surface area is 161 Å². The fourth-order valence-corrected chi connectivity index (χ4v) is 3.94. The van der Waals surface area contributed by atoms with Crippen LogP contribution in [-0.2, 0) is 14.3 Å². The fourth-order valence-electron chi connectivity index (χ4n) is 3.94. The molecule has 1 saturated heterocycles. The largest absolute Gasteiger partial charge is 0.462 e. The summed E-state index contributed by atoms with van der Waals surface area (Å²) in [6, 6.07) is 0. The second-order valence-corrected chi connectivity index (χ2v) is 8.73. The normalized spacial score (nSPS) is 48.6. The maximum atomic E-state index is 12.7. The molecule has 7 heteroatoms. The molecule has 0 amide bonds. The summed E-state index contributed by atoms with van der Waals surface area (Å²) >= 11 is 0. The van der Waals surface area contributed by atoms with Crippen LogP contribution in [0.25, 0.3) is 0 Å². The van der Waals surface area contributed by atoms with Gasteiger partial charge in [-0.25, -0.2) is 0 Å². The zero-order valence-corrected chi connectivity index (χ0v) is 17.4. The number of carbonyl (C=O) groups excluding carboxylic acids is 2. The molecule has 1 heterocycles. The van der Waals surface area contributed by atoms with Crippen molar-refractivity contribution in [2.75, 3.05) is 0 Å². The third-order valence-electron chi connectivity index (χ3n) is 6.31. The lowest BCUT2D eigenvalue weighted by Crippen LogP contribution is -2.51. The van der Waals surface area contributed by atoms with E-state index < -0.39 is 65.6 Å². The van der Waals surface area contributed by atoms with Crippen molar-refractivity contribution in [3.8, 4) is 0 Å². The first-order chi connectivity index (χ1) is 12.2. The minimum absolute atomic E-state index is 0.0239. The van der Waals surface area contributed by atoms with Gasteiger partial charge in [0.05, 0.1) is 29.8 Å². The number of ether oxygens (including phenoxy) is 1. The van der Waals surface area contributed by atoms with Crippen molar-refractivity contribution in [1.82, 2.24) is 0 Å². The lowest BCUT2D eigenvalue weighted by Gasteiger charge is -2.39. The Hall–Kier alpha value is -1.02. The second-order valence-electron chi connectivity index (χ2n) is 8.73. The zero-order chi connectivity index (χ0) is 21.3. The summed E-state index contributed by atoms with van der Waals surface area (Å²) in [7, 11) is 0. The fraction of sp³-hybridized carbons (Fsp3) is 0.900. The lowest BCUT2D eigenvalue weighted by atomic mass is 9.75. The highest BCUT2D eigenvalue weighted by Crippen LogP contribution is 2.32. The minimum atomic E-state index is -1.65. The molecule has 158 valence electrons. The Morgan fingerprint density at radius 2 is 1.37 bits per heavy atom. The van der Waals surface area contributed by atoms with E-state index in [1.807, 2.05) is 0 Å². The maximum Gasteiger partial charge on any atom is 0.311 e. The molecule has 1 rings (SSSR count). The molecular formula is C20H36O7. The van der Waals surface area contributed by atoms with Crippen molar-refractivity contribution in [2.24, 2.45) is 29.6 Å². The molecule has 1 aliphatic heterocycles. The van der Waals surface area contributed by atoms with E-state index >= 15 is 0 Å². The van der Waals surface area contributed by atoms with Gasteiger partial charge in [-0.05, 0) is 27.2 Å². The highest BCUT2D eigenvalue weighted by molar-refractivity contribution is 5.83. The predicted octanol–water partition coefficient (Wildman–Crippen LogP) is 0.905. The molecule has 0 saturated carbocycles. The van der Waals surface area contributed by atoms with Gasteiger partial charge in [0.1, 0.15) is 11.9 Å². The van der Waals surface area contributed by atoms with E-state index in [0.717, 1.165) is 0 Å². The molecular weight excluding hydrogens is 352 g/mol. The molecule has 10 unspecified atom stereocenters. The molecule has 1 fully saturated rings. The molecule has 0 bridgehead atoms. The van der Waals surface area contributed by atoms with Gasteiger partial charge in [0.25, 0.3) is 0 Å². The van der Waals surface area contributed by atoms with Crippen molar-refractivity contribution < 1.29 is 34.8 Å². The molecule has 0 aliphatic carbocycles. The number of esters is 1. The van der Waals surface area contributed by atoms with Crippen molar-refractivity contribution in [3.05, 3.63) is 0 Å². The van der Waals surface area contributed by atoms with Crippen LogP contribution in [0.2, 0.25) is 0 Å². The van der Waals surface area contributed by atoms with E-state index in [-0.39, 0.29) is 12.2 Å². The first kappa shape index (κ1) is 24.0. The molecule has 7 nitrogen and oxygen atoms in total. The van der Waals surface area contributed by atoms with E-state index in [4.69, 9.17) is 4.74 Å². The molecule has 27 heavy (non-hydrogen) atoms. The first-order valence-corrected chi connectivity index (χ1v) is 9.73. The van der Waals surface area contributed by atoms with E-state index in [1.165, 1.54) is 13.8 Å². The summed E-state index contributed by atoms with van der Waals surface area (Å²) in [5.74, 6) is -4.44. The van der Waals surface area contributed by atoms with Crippen molar-refractivity contribution in [2.45, 2.75) is 84.9 Å². The van der Waals surface area contributed by atoms with Crippen LogP contribution in [-0.4, -0.2) is 62.2 Å². The van der Waals surface area contributed by atoms with Gasteiger partial charge in [-0.1, -0.05) is 27.7 Å². The molecule has 0 aromatic heterocycles. The van der Waals surface area contributed by atoms with Crippen LogP contribution < -0.4 is 0 Å². The summed E-state index contributed by atoms with van der Waals surface area (Å²) in [5, 5.41) is 42.4. The lowest BCUT2D eigenvalue weighted by molar-refractivity contribution is -0.169. The molecule has 0 aromatic carbocycles. The number of hydrogen-bond acceptors (Lipinski definition) is 7. The van der Waals surface area contributed by atoms with Gasteiger partial charge >= 0.3 is 5.97 Å². The number of aliphatic hydroxyl groups is 4. The average molecular weight is 389 g/mol. The Morgan fingerprint density at radius 1 is 0.889 bits per heavy atom. The van der Waals surface area contributed by atoms with Crippen LogP contribution in [0.4, 0.5) is 0 Å². The summed E-state index contributed by atoms with van der Waals surface area (Å²) in [6.45, 7) is 11.1. The molecule has 0 aromatic rings. The highest BCUT2D eigenvalue weighted by Gasteiger charge is 2.44. The molecule has 0 spiro atoms. The van der Waals surface area contributed by atoms with Crippen LogP contribution in [0.15, 0.2) is 0 Å². The minimum Gasteiger partial charge on any atom is -0.462 e.